The van der Waals surface area contributed by atoms with Crippen LogP contribution in [0.3, 0.4) is 0 Å². The predicted octanol–water partition coefficient (Wildman–Crippen LogP) is 4.56. The molecule has 0 aliphatic carbocycles. The fourth-order valence-electron chi connectivity index (χ4n) is 3.27. The highest BCUT2D eigenvalue weighted by Crippen LogP contribution is 2.39. The zero-order chi connectivity index (χ0) is 21.8. The third kappa shape index (κ3) is 5.79. The smallest absolute Gasteiger partial charge is 0.338 e. The molecule has 0 bridgehead atoms. The summed E-state index contributed by atoms with van der Waals surface area (Å²) in [7, 11) is -1.94. The first-order valence-electron chi connectivity index (χ1n) is 10.3. The molecule has 160 valence electrons. The number of nitrogens with one attached hydrogen (secondary N) is 1. The molecule has 0 spiro atoms. The highest BCUT2D eigenvalue weighted by molar-refractivity contribution is 6.74. The minimum absolute atomic E-state index is 0.0309. The molecule has 6 heteroatoms. The number of ether oxygens (including phenoxy) is 1. The van der Waals surface area contributed by atoms with Crippen LogP contribution in [0.5, 0.6) is 0 Å². The van der Waals surface area contributed by atoms with Gasteiger partial charge in [0.25, 0.3) is 0 Å². The van der Waals surface area contributed by atoms with Crippen molar-refractivity contribution in [2.75, 3.05) is 6.61 Å². The quantitative estimate of drug-likeness (QED) is 0.291. The molecule has 29 heavy (non-hydrogen) atoms. The largest absolute Gasteiger partial charge is 0.458 e. The van der Waals surface area contributed by atoms with Crippen LogP contribution in [0, 0.1) is 11.8 Å². The van der Waals surface area contributed by atoms with E-state index in [1.54, 1.807) is 24.3 Å². The van der Waals surface area contributed by atoms with E-state index in [0.29, 0.717) is 5.56 Å². The lowest BCUT2D eigenvalue weighted by Gasteiger charge is -2.46. The molecule has 1 fully saturated rings. The minimum atomic E-state index is -1.94. The summed E-state index contributed by atoms with van der Waals surface area (Å²) < 4.78 is 11.7. The molecule has 1 heterocycles. The van der Waals surface area contributed by atoms with E-state index in [0.717, 1.165) is 0 Å². The Hall–Kier alpha value is -1.92. The van der Waals surface area contributed by atoms with Gasteiger partial charge < -0.3 is 14.5 Å². The Morgan fingerprint density at radius 3 is 2.38 bits per heavy atom. The minimum Gasteiger partial charge on any atom is -0.458 e. The van der Waals surface area contributed by atoms with Crippen molar-refractivity contribution in [2.24, 2.45) is 11.8 Å². The van der Waals surface area contributed by atoms with Crippen LogP contribution in [0.15, 0.2) is 42.5 Å². The highest BCUT2D eigenvalue weighted by atomic mass is 28.4. The van der Waals surface area contributed by atoms with Gasteiger partial charge in [0.2, 0.25) is 5.91 Å². The first-order valence-corrected chi connectivity index (χ1v) is 13.2. The average molecular weight is 418 g/mol. The number of carbonyl (C=O) groups excluding carboxylic acids is 2. The molecule has 1 N–H and O–H groups in total. The van der Waals surface area contributed by atoms with Crippen LogP contribution in [0.2, 0.25) is 18.1 Å². The average Bonchev–Trinajstić information content (AvgIpc) is 2.62. The van der Waals surface area contributed by atoms with Gasteiger partial charge in [-0.25, -0.2) is 4.79 Å². The number of benzene rings is 1. The van der Waals surface area contributed by atoms with Crippen molar-refractivity contribution in [1.29, 1.82) is 0 Å². The Labute approximate surface area is 176 Å². The SMILES string of the molecule is C[C@@H](/C=C/COC(=O)c1ccccc1)[C@H]1NC(=O)[C@@H]1[C@@H](C)O[Si](C)(C)C(C)(C)C. The Bertz CT molecular complexity index is 739. The number of rotatable bonds is 8. The predicted molar refractivity (Wildman–Crippen MR) is 118 cm³/mol. The van der Waals surface area contributed by atoms with E-state index in [1.165, 1.54) is 0 Å². The number of carbonyl (C=O) groups is 2. The number of hydrogen-bond acceptors (Lipinski definition) is 4. The van der Waals surface area contributed by atoms with Gasteiger partial charge in [0.1, 0.15) is 6.61 Å². The van der Waals surface area contributed by atoms with Crippen LogP contribution in [0.1, 0.15) is 45.0 Å². The summed E-state index contributed by atoms with van der Waals surface area (Å²) in [6, 6.07) is 8.96. The lowest BCUT2D eigenvalue weighted by Crippen LogP contribution is -2.65. The van der Waals surface area contributed by atoms with E-state index in [9.17, 15) is 9.59 Å². The van der Waals surface area contributed by atoms with E-state index >= 15 is 0 Å². The molecular weight excluding hydrogens is 382 g/mol. The summed E-state index contributed by atoms with van der Waals surface area (Å²) >= 11 is 0. The lowest BCUT2D eigenvalue weighted by atomic mass is 9.79. The second-order valence-corrected chi connectivity index (χ2v) is 14.2. The van der Waals surface area contributed by atoms with Gasteiger partial charge in [-0.3, -0.25) is 4.79 Å². The fourth-order valence-corrected chi connectivity index (χ4v) is 4.70. The second kappa shape index (κ2) is 9.26. The van der Waals surface area contributed by atoms with E-state index in [2.05, 4.69) is 46.1 Å². The zero-order valence-corrected chi connectivity index (χ0v) is 19.7. The van der Waals surface area contributed by atoms with Gasteiger partial charge in [-0.15, -0.1) is 0 Å². The molecule has 1 aromatic rings. The Balaban J connectivity index is 1.88. The van der Waals surface area contributed by atoms with Crippen molar-refractivity contribution in [3.63, 3.8) is 0 Å². The number of β-lactam (4-membered cyclic amide) rings is 1. The van der Waals surface area contributed by atoms with Crippen molar-refractivity contribution in [2.45, 2.75) is 64.9 Å². The first-order chi connectivity index (χ1) is 13.4. The standard InChI is InChI=1S/C23H35NO4Si/c1-16(12-11-15-27-22(26)18-13-9-8-10-14-18)20-19(21(25)24-20)17(2)28-29(6,7)23(3,4)5/h8-14,16-17,19-20H,15H2,1-7H3,(H,24,25)/b12-11+/t16-,17+,19+,20+/m0/s1. The number of hydrogen-bond donors (Lipinski definition) is 1. The van der Waals surface area contributed by atoms with E-state index in [1.807, 2.05) is 25.1 Å². The summed E-state index contributed by atoms with van der Waals surface area (Å²) in [5, 5.41) is 3.11. The van der Waals surface area contributed by atoms with Crippen LogP contribution in [-0.2, 0) is 14.0 Å². The van der Waals surface area contributed by atoms with Gasteiger partial charge in [0.15, 0.2) is 8.32 Å². The monoisotopic (exact) mass is 417 g/mol. The molecular formula is C23H35NO4Si. The normalized spacial score (nSPS) is 22.0. The van der Waals surface area contributed by atoms with E-state index in [4.69, 9.17) is 9.16 Å². The molecule has 0 unspecified atom stereocenters. The van der Waals surface area contributed by atoms with Crippen molar-refractivity contribution < 1.29 is 18.8 Å². The summed E-state index contributed by atoms with van der Waals surface area (Å²) in [5.74, 6) is -0.319. The van der Waals surface area contributed by atoms with Crippen molar-refractivity contribution >= 4 is 20.2 Å². The third-order valence-corrected chi connectivity index (χ3v) is 10.7. The van der Waals surface area contributed by atoms with E-state index in [-0.39, 0.29) is 47.5 Å². The number of esters is 1. The Morgan fingerprint density at radius 1 is 1.21 bits per heavy atom. The Morgan fingerprint density at radius 2 is 1.83 bits per heavy atom. The van der Waals surface area contributed by atoms with Gasteiger partial charge >= 0.3 is 5.97 Å². The molecule has 1 aliphatic heterocycles. The lowest BCUT2D eigenvalue weighted by molar-refractivity contribution is -0.141. The Kier molecular flexibility index (Phi) is 7.46. The van der Waals surface area contributed by atoms with Crippen LogP contribution >= 0.6 is 0 Å². The molecule has 5 nitrogen and oxygen atoms in total. The van der Waals surface area contributed by atoms with Crippen molar-refractivity contribution in [3.8, 4) is 0 Å². The van der Waals surface area contributed by atoms with Crippen molar-refractivity contribution in [3.05, 3.63) is 48.0 Å². The zero-order valence-electron chi connectivity index (χ0n) is 18.7. The molecule has 1 amide bonds. The molecule has 1 aromatic carbocycles. The van der Waals surface area contributed by atoms with Crippen LogP contribution in [0.25, 0.3) is 0 Å². The molecule has 0 saturated carbocycles. The summed E-state index contributed by atoms with van der Waals surface area (Å²) in [4.78, 5) is 24.2. The third-order valence-electron chi connectivity index (χ3n) is 6.12. The van der Waals surface area contributed by atoms with Crippen LogP contribution < -0.4 is 5.32 Å². The summed E-state index contributed by atoms with van der Waals surface area (Å²) in [5.41, 5.74) is 0.539. The van der Waals surface area contributed by atoms with Gasteiger partial charge in [-0.05, 0) is 43.1 Å². The molecule has 0 radical (unpaired) electrons. The highest BCUT2D eigenvalue weighted by Gasteiger charge is 2.48. The van der Waals surface area contributed by atoms with Gasteiger partial charge in [0, 0.05) is 6.04 Å². The topological polar surface area (TPSA) is 64.6 Å². The summed E-state index contributed by atoms with van der Waals surface area (Å²) in [6.45, 7) is 15.3. The van der Waals surface area contributed by atoms with Gasteiger partial charge in [-0.1, -0.05) is 58.0 Å². The van der Waals surface area contributed by atoms with Gasteiger partial charge in [0.05, 0.1) is 17.6 Å². The van der Waals surface area contributed by atoms with Crippen LogP contribution in [-0.4, -0.2) is 38.9 Å². The molecule has 4 atom stereocenters. The molecule has 1 aliphatic rings. The molecule has 0 aromatic heterocycles. The maximum absolute atomic E-state index is 12.2. The van der Waals surface area contributed by atoms with Gasteiger partial charge in [-0.2, -0.15) is 0 Å². The maximum atomic E-state index is 12.2. The molecule has 1 saturated heterocycles. The number of amides is 1. The second-order valence-electron chi connectivity index (χ2n) is 9.40. The fraction of sp³-hybridized carbons (Fsp3) is 0.565. The van der Waals surface area contributed by atoms with Crippen LogP contribution in [0.4, 0.5) is 0 Å². The van der Waals surface area contributed by atoms with E-state index < -0.39 is 8.32 Å². The maximum Gasteiger partial charge on any atom is 0.338 e. The first kappa shape index (κ1) is 23.4. The van der Waals surface area contributed by atoms with Crippen molar-refractivity contribution in [1.82, 2.24) is 5.32 Å². The molecule has 2 rings (SSSR count). The summed E-state index contributed by atoms with van der Waals surface area (Å²) in [6.07, 6.45) is 3.71.